The smallest absolute Gasteiger partial charge is 0.398 e. The molecule has 0 fully saturated rings. The Balaban J connectivity index is 2.23. The van der Waals surface area contributed by atoms with Crippen LogP contribution >= 0.6 is 23.2 Å². The first-order chi connectivity index (χ1) is 12.6. The predicted molar refractivity (Wildman–Crippen MR) is 98.3 cm³/mol. The molecular formula is C17H11Cl2F3N4O. The van der Waals surface area contributed by atoms with Crippen LogP contribution in [-0.2, 0) is 11.0 Å². The number of hydrogen-bond acceptors (Lipinski definition) is 4. The summed E-state index contributed by atoms with van der Waals surface area (Å²) in [5.74, 6) is -0.839. The molecule has 0 aliphatic rings. The SMILES string of the molecule is N#C/C(=C/Nc1ccc(Cl)cc1C(F)(F)F)C(=O)Nc1ccc(N)c(Cl)c1. The van der Waals surface area contributed by atoms with Crippen molar-refractivity contribution in [2.24, 2.45) is 0 Å². The minimum Gasteiger partial charge on any atom is -0.398 e. The molecule has 0 aliphatic heterocycles. The molecule has 0 aliphatic carbocycles. The van der Waals surface area contributed by atoms with E-state index in [2.05, 4.69) is 10.6 Å². The molecule has 140 valence electrons. The van der Waals surface area contributed by atoms with E-state index in [4.69, 9.17) is 34.2 Å². The number of halogens is 5. The average molecular weight is 415 g/mol. The number of carbonyl (C=O) groups excluding carboxylic acids is 1. The fourth-order valence-electron chi connectivity index (χ4n) is 1.98. The van der Waals surface area contributed by atoms with Crippen LogP contribution in [0.4, 0.5) is 30.2 Å². The Hall–Kier alpha value is -2.89. The lowest BCUT2D eigenvalue weighted by atomic mass is 10.1. The number of amides is 1. The molecule has 0 saturated carbocycles. The minimum absolute atomic E-state index is 0.102. The number of rotatable bonds is 4. The van der Waals surface area contributed by atoms with Crippen molar-refractivity contribution in [2.45, 2.75) is 6.18 Å². The largest absolute Gasteiger partial charge is 0.418 e. The average Bonchev–Trinajstić information content (AvgIpc) is 2.59. The maximum atomic E-state index is 13.1. The van der Waals surface area contributed by atoms with Crippen LogP contribution in [-0.4, -0.2) is 5.91 Å². The van der Waals surface area contributed by atoms with E-state index in [1.165, 1.54) is 24.3 Å². The third kappa shape index (κ3) is 5.29. The van der Waals surface area contributed by atoms with E-state index < -0.39 is 23.2 Å². The number of benzene rings is 2. The molecule has 0 saturated heterocycles. The Kier molecular flexibility index (Phi) is 6.20. The summed E-state index contributed by atoms with van der Waals surface area (Å²) in [5, 5.41) is 13.9. The van der Waals surface area contributed by atoms with E-state index in [1.54, 1.807) is 6.07 Å². The zero-order valence-electron chi connectivity index (χ0n) is 13.4. The fourth-order valence-corrected chi connectivity index (χ4v) is 2.33. The van der Waals surface area contributed by atoms with Crippen molar-refractivity contribution < 1.29 is 18.0 Å². The maximum Gasteiger partial charge on any atom is 0.418 e. The molecule has 27 heavy (non-hydrogen) atoms. The highest BCUT2D eigenvalue weighted by Gasteiger charge is 2.33. The van der Waals surface area contributed by atoms with Crippen molar-refractivity contribution in [1.29, 1.82) is 5.26 Å². The predicted octanol–water partition coefficient (Wildman–Crippen LogP) is 5.05. The van der Waals surface area contributed by atoms with Gasteiger partial charge in [-0.25, -0.2) is 0 Å². The van der Waals surface area contributed by atoms with Gasteiger partial charge in [-0.2, -0.15) is 18.4 Å². The van der Waals surface area contributed by atoms with E-state index >= 15 is 0 Å². The zero-order chi connectivity index (χ0) is 20.2. The van der Waals surface area contributed by atoms with Gasteiger partial charge < -0.3 is 16.4 Å². The molecule has 2 rings (SSSR count). The molecule has 0 atom stereocenters. The van der Waals surface area contributed by atoms with Crippen LogP contribution in [0.1, 0.15) is 5.56 Å². The number of nitriles is 1. The van der Waals surface area contributed by atoms with Gasteiger partial charge in [0.2, 0.25) is 0 Å². The van der Waals surface area contributed by atoms with Gasteiger partial charge in [0, 0.05) is 16.9 Å². The summed E-state index contributed by atoms with van der Waals surface area (Å²) in [6.07, 6.45) is -3.80. The number of hydrogen-bond donors (Lipinski definition) is 3. The van der Waals surface area contributed by atoms with Crippen molar-refractivity contribution >= 4 is 46.2 Å². The highest BCUT2D eigenvalue weighted by Crippen LogP contribution is 2.36. The third-order valence-electron chi connectivity index (χ3n) is 3.28. The van der Waals surface area contributed by atoms with Gasteiger partial charge in [0.15, 0.2) is 0 Å². The Bertz CT molecular complexity index is 952. The van der Waals surface area contributed by atoms with Gasteiger partial charge in [-0.05, 0) is 36.4 Å². The molecule has 0 bridgehead atoms. The van der Waals surface area contributed by atoms with E-state index in [9.17, 15) is 18.0 Å². The molecule has 0 heterocycles. The standard InChI is InChI=1S/C17H11Cl2F3N4O/c18-10-1-4-15(12(5-10)17(20,21)22)25-8-9(7-23)16(27)26-11-2-3-14(24)13(19)6-11/h1-6,8,25H,24H2,(H,26,27)/b9-8-. The highest BCUT2D eigenvalue weighted by molar-refractivity contribution is 6.33. The van der Waals surface area contributed by atoms with Crippen molar-refractivity contribution in [2.75, 3.05) is 16.4 Å². The van der Waals surface area contributed by atoms with Crippen molar-refractivity contribution in [3.63, 3.8) is 0 Å². The normalized spacial score (nSPS) is 11.6. The second-order valence-corrected chi connectivity index (χ2v) is 6.04. The van der Waals surface area contributed by atoms with Crippen LogP contribution in [0.25, 0.3) is 0 Å². The Labute approximate surface area is 162 Å². The fraction of sp³-hybridized carbons (Fsp3) is 0.0588. The van der Waals surface area contributed by atoms with E-state index in [0.717, 1.165) is 18.3 Å². The van der Waals surface area contributed by atoms with Crippen molar-refractivity contribution in [1.82, 2.24) is 0 Å². The van der Waals surface area contributed by atoms with Gasteiger partial charge in [0.25, 0.3) is 5.91 Å². The van der Waals surface area contributed by atoms with Gasteiger partial charge >= 0.3 is 6.18 Å². The molecule has 0 aromatic heterocycles. The molecular weight excluding hydrogens is 404 g/mol. The summed E-state index contributed by atoms with van der Waals surface area (Å²) in [4.78, 5) is 12.1. The molecule has 10 heteroatoms. The van der Waals surface area contributed by atoms with Crippen LogP contribution in [0.2, 0.25) is 10.0 Å². The van der Waals surface area contributed by atoms with Gasteiger partial charge in [-0.3, -0.25) is 4.79 Å². The summed E-state index contributed by atoms with van der Waals surface area (Å²) in [5.41, 5.74) is 4.28. The number of anilines is 3. The van der Waals surface area contributed by atoms with E-state index in [-0.39, 0.29) is 21.4 Å². The lowest BCUT2D eigenvalue weighted by Crippen LogP contribution is -2.15. The lowest BCUT2D eigenvalue weighted by Gasteiger charge is -2.13. The van der Waals surface area contributed by atoms with Crippen LogP contribution in [0, 0.1) is 11.3 Å². The Morgan fingerprint density at radius 1 is 1.19 bits per heavy atom. The van der Waals surface area contributed by atoms with Gasteiger partial charge in [-0.1, -0.05) is 23.2 Å². The van der Waals surface area contributed by atoms with Crippen LogP contribution in [0.5, 0.6) is 0 Å². The zero-order valence-corrected chi connectivity index (χ0v) is 14.9. The number of alkyl halides is 3. The molecule has 2 aromatic carbocycles. The molecule has 1 amide bonds. The van der Waals surface area contributed by atoms with Crippen molar-refractivity contribution in [3.8, 4) is 6.07 Å². The monoisotopic (exact) mass is 414 g/mol. The Morgan fingerprint density at radius 3 is 2.48 bits per heavy atom. The van der Waals surface area contributed by atoms with Crippen LogP contribution in [0.15, 0.2) is 48.2 Å². The molecule has 5 nitrogen and oxygen atoms in total. The number of nitrogens with one attached hydrogen (secondary N) is 2. The topological polar surface area (TPSA) is 90.9 Å². The summed E-state index contributed by atoms with van der Waals surface area (Å²) in [7, 11) is 0. The highest BCUT2D eigenvalue weighted by atomic mass is 35.5. The first kappa shape index (κ1) is 20.4. The third-order valence-corrected chi connectivity index (χ3v) is 3.84. The van der Waals surface area contributed by atoms with Crippen molar-refractivity contribution in [3.05, 3.63) is 63.8 Å². The Morgan fingerprint density at radius 2 is 1.89 bits per heavy atom. The summed E-state index contributed by atoms with van der Waals surface area (Å²) in [6.45, 7) is 0. The number of carbonyl (C=O) groups is 1. The number of nitrogens with two attached hydrogens (primary N) is 1. The number of nitrogens with zero attached hydrogens (tertiary/aromatic N) is 1. The van der Waals surface area contributed by atoms with Crippen LogP contribution in [0.3, 0.4) is 0 Å². The van der Waals surface area contributed by atoms with Gasteiger partial charge in [0.05, 0.1) is 22.0 Å². The molecule has 0 unspecified atom stereocenters. The molecule has 0 radical (unpaired) electrons. The second-order valence-electron chi connectivity index (χ2n) is 5.19. The summed E-state index contributed by atoms with van der Waals surface area (Å²) in [6, 6.07) is 8.97. The number of nitrogen functional groups attached to an aromatic ring is 1. The van der Waals surface area contributed by atoms with E-state index in [0.29, 0.717) is 5.69 Å². The van der Waals surface area contributed by atoms with E-state index in [1.807, 2.05) is 0 Å². The summed E-state index contributed by atoms with van der Waals surface area (Å²) < 4.78 is 39.2. The molecule has 4 N–H and O–H groups in total. The van der Waals surface area contributed by atoms with Gasteiger partial charge in [-0.15, -0.1) is 0 Å². The lowest BCUT2D eigenvalue weighted by molar-refractivity contribution is -0.136. The maximum absolute atomic E-state index is 13.1. The summed E-state index contributed by atoms with van der Waals surface area (Å²) >= 11 is 11.4. The van der Waals surface area contributed by atoms with Crippen LogP contribution < -0.4 is 16.4 Å². The first-order valence-corrected chi connectivity index (χ1v) is 7.97. The van der Waals surface area contributed by atoms with Gasteiger partial charge in [0.1, 0.15) is 11.6 Å². The second kappa shape index (κ2) is 8.20. The quantitative estimate of drug-likeness (QED) is 0.370. The first-order valence-electron chi connectivity index (χ1n) is 7.21. The molecule has 0 spiro atoms. The minimum atomic E-state index is -4.67. The molecule has 2 aromatic rings.